The minimum atomic E-state index is -0.946. The number of anilines is 2. The van der Waals surface area contributed by atoms with E-state index in [4.69, 9.17) is 14.8 Å². The monoisotopic (exact) mass is 613 g/mol. The van der Waals surface area contributed by atoms with Crippen LogP contribution in [0, 0.1) is 3.57 Å². The molecule has 0 aliphatic carbocycles. The van der Waals surface area contributed by atoms with Crippen molar-refractivity contribution >= 4 is 56.6 Å². The van der Waals surface area contributed by atoms with Gasteiger partial charge in [-0.15, -0.1) is 11.3 Å². The van der Waals surface area contributed by atoms with Crippen molar-refractivity contribution in [2.45, 2.75) is 13.0 Å². The quantitative estimate of drug-likeness (QED) is 0.215. The molecule has 4 rings (SSSR count). The van der Waals surface area contributed by atoms with Crippen molar-refractivity contribution in [2.24, 2.45) is 0 Å². The summed E-state index contributed by atoms with van der Waals surface area (Å²) >= 11 is 3.86. The molecule has 0 bridgehead atoms. The molecular formula is C27H24IN3O4S. The van der Waals surface area contributed by atoms with Crippen LogP contribution in [0.5, 0.6) is 5.75 Å². The lowest BCUT2D eigenvalue weighted by atomic mass is 10.1. The van der Waals surface area contributed by atoms with Gasteiger partial charge in [0.05, 0.1) is 25.8 Å². The van der Waals surface area contributed by atoms with Crippen molar-refractivity contribution in [3.63, 3.8) is 0 Å². The van der Waals surface area contributed by atoms with Gasteiger partial charge in [0, 0.05) is 32.3 Å². The third-order valence-corrected chi connectivity index (χ3v) is 7.01. The Bertz CT molecular complexity index is 1320. The number of carboxylic acids is 1. The Morgan fingerprint density at radius 1 is 1.03 bits per heavy atom. The third kappa shape index (κ3) is 6.61. The predicted molar refractivity (Wildman–Crippen MR) is 150 cm³/mol. The Morgan fingerprint density at radius 2 is 1.72 bits per heavy atom. The van der Waals surface area contributed by atoms with Crippen LogP contribution in [0.3, 0.4) is 0 Å². The van der Waals surface area contributed by atoms with E-state index in [1.165, 1.54) is 0 Å². The molecule has 184 valence electrons. The number of carbonyl (C=O) groups is 2. The van der Waals surface area contributed by atoms with E-state index in [-0.39, 0.29) is 18.9 Å². The number of amides is 1. The van der Waals surface area contributed by atoms with Crippen LogP contribution >= 0.6 is 33.9 Å². The van der Waals surface area contributed by atoms with Crippen LogP contribution in [-0.4, -0.2) is 35.6 Å². The zero-order valence-corrected chi connectivity index (χ0v) is 22.5. The smallest absolute Gasteiger partial charge is 0.305 e. The van der Waals surface area contributed by atoms with Gasteiger partial charge in [-0.1, -0.05) is 12.1 Å². The number of carbonyl (C=O) groups excluding carboxylic acids is 1. The van der Waals surface area contributed by atoms with Crippen LogP contribution in [-0.2, 0) is 11.3 Å². The molecule has 1 heterocycles. The number of rotatable bonds is 10. The standard InChI is InChI=1S/C27H24IN3O4S/c1-35-23-12-6-19(7-13-23)24-17-36-27(30-24)31(22-10-8-21(28)9-11-22)16-18-2-4-20(5-3-18)26(34)29-15-14-25(32)33/h2-13,17H,14-16H2,1H3,(H,29,34)(H,32,33). The van der Waals surface area contributed by atoms with Gasteiger partial charge in [-0.25, -0.2) is 4.98 Å². The number of methoxy groups -OCH3 is 1. The highest BCUT2D eigenvalue weighted by Gasteiger charge is 2.16. The average molecular weight is 613 g/mol. The van der Waals surface area contributed by atoms with Gasteiger partial charge in [-0.05, 0) is 88.8 Å². The number of aromatic nitrogens is 1. The lowest BCUT2D eigenvalue weighted by Crippen LogP contribution is -2.26. The first-order valence-corrected chi connectivity index (χ1v) is 13.1. The van der Waals surface area contributed by atoms with E-state index in [0.29, 0.717) is 12.1 Å². The van der Waals surface area contributed by atoms with Gasteiger partial charge in [-0.2, -0.15) is 0 Å². The molecule has 0 fully saturated rings. The number of ether oxygens (including phenoxy) is 1. The van der Waals surface area contributed by atoms with Gasteiger partial charge in [0.2, 0.25) is 0 Å². The van der Waals surface area contributed by atoms with Crippen LogP contribution in [0.1, 0.15) is 22.3 Å². The summed E-state index contributed by atoms with van der Waals surface area (Å²) in [6.45, 7) is 0.661. The van der Waals surface area contributed by atoms with Crippen molar-refractivity contribution in [3.8, 4) is 17.0 Å². The lowest BCUT2D eigenvalue weighted by Gasteiger charge is -2.22. The molecule has 0 radical (unpaired) electrons. The summed E-state index contributed by atoms with van der Waals surface area (Å²) < 4.78 is 6.40. The van der Waals surface area contributed by atoms with Crippen molar-refractivity contribution in [2.75, 3.05) is 18.6 Å². The Balaban J connectivity index is 1.55. The van der Waals surface area contributed by atoms with E-state index < -0.39 is 5.97 Å². The summed E-state index contributed by atoms with van der Waals surface area (Å²) in [5, 5.41) is 14.3. The second-order valence-corrected chi connectivity index (χ2v) is 9.99. The first-order valence-electron chi connectivity index (χ1n) is 11.1. The average Bonchev–Trinajstić information content (AvgIpc) is 3.38. The number of halogens is 1. The number of benzene rings is 3. The highest BCUT2D eigenvalue weighted by molar-refractivity contribution is 14.1. The van der Waals surface area contributed by atoms with Crippen LogP contribution in [0.25, 0.3) is 11.3 Å². The zero-order chi connectivity index (χ0) is 25.5. The number of nitrogens with zero attached hydrogens (tertiary/aromatic N) is 2. The maximum atomic E-state index is 12.3. The summed E-state index contributed by atoms with van der Waals surface area (Å²) in [6, 6.07) is 23.4. The molecule has 0 unspecified atom stereocenters. The number of hydrogen-bond acceptors (Lipinski definition) is 6. The van der Waals surface area contributed by atoms with Crippen LogP contribution in [0.2, 0.25) is 0 Å². The van der Waals surface area contributed by atoms with E-state index in [1.807, 2.05) is 41.8 Å². The fourth-order valence-corrected chi connectivity index (χ4v) is 4.72. The summed E-state index contributed by atoms with van der Waals surface area (Å²) in [5.41, 5.74) is 4.42. The fraction of sp³-hybridized carbons (Fsp3) is 0.148. The van der Waals surface area contributed by atoms with E-state index in [0.717, 1.165) is 37.0 Å². The first kappa shape index (κ1) is 25.6. The molecular weight excluding hydrogens is 589 g/mol. The van der Waals surface area contributed by atoms with Crippen molar-refractivity contribution in [1.82, 2.24) is 10.3 Å². The molecule has 0 spiro atoms. The predicted octanol–water partition coefficient (Wildman–Crippen LogP) is 5.97. The minimum absolute atomic E-state index is 0.0943. The molecule has 1 amide bonds. The topological polar surface area (TPSA) is 91.8 Å². The molecule has 7 nitrogen and oxygen atoms in total. The largest absolute Gasteiger partial charge is 0.497 e. The van der Waals surface area contributed by atoms with E-state index in [9.17, 15) is 9.59 Å². The number of nitrogens with one attached hydrogen (secondary N) is 1. The lowest BCUT2D eigenvalue weighted by molar-refractivity contribution is -0.136. The SMILES string of the molecule is COc1ccc(-c2csc(N(Cc3ccc(C(=O)NCCC(=O)O)cc3)c3ccc(I)cc3)n2)cc1. The van der Waals surface area contributed by atoms with E-state index in [1.54, 1.807) is 30.6 Å². The molecule has 36 heavy (non-hydrogen) atoms. The molecule has 0 atom stereocenters. The molecule has 0 aliphatic rings. The Labute approximate surface area is 226 Å². The highest BCUT2D eigenvalue weighted by atomic mass is 127. The van der Waals surface area contributed by atoms with Gasteiger partial charge >= 0.3 is 5.97 Å². The molecule has 4 aromatic rings. The zero-order valence-electron chi connectivity index (χ0n) is 19.5. The van der Waals surface area contributed by atoms with Gasteiger partial charge in [0.15, 0.2) is 5.13 Å². The molecule has 0 saturated carbocycles. The van der Waals surface area contributed by atoms with Crippen LogP contribution in [0.4, 0.5) is 10.8 Å². The molecule has 9 heteroatoms. The Hall–Kier alpha value is -3.44. The number of aliphatic carboxylic acids is 1. The van der Waals surface area contributed by atoms with Gasteiger partial charge in [0.25, 0.3) is 5.91 Å². The normalized spacial score (nSPS) is 10.6. The molecule has 1 aromatic heterocycles. The molecule has 0 aliphatic heterocycles. The summed E-state index contributed by atoms with van der Waals surface area (Å²) in [6.07, 6.45) is -0.110. The van der Waals surface area contributed by atoms with Crippen molar-refractivity contribution < 1.29 is 19.4 Å². The fourth-order valence-electron chi connectivity index (χ4n) is 3.50. The summed E-state index contributed by atoms with van der Waals surface area (Å²) in [7, 11) is 1.65. The van der Waals surface area contributed by atoms with Gasteiger partial charge in [-0.3, -0.25) is 9.59 Å². The third-order valence-electron chi connectivity index (χ3n) is 5.43. The van der Waals surface area contributed by atoms with Crippen molar-refractivity contribution in [1.29, 1.82) is 0 Å². The summed E-state index contributed by atoms with van der Waals surface area (Å²) in [4.78, 5) is 30.0. The second-order valence-electron chi connectivity index (χ2n) is 7.90. The maximum absolute atomic E-state index is 12.3. The molecule has 0 saturated heterocycles. The van der Waals surface area contributed by atoms with E-state index >= 15 is 0 Å². The number of hydrogen-bond donors (Lipinski definition) is 2. The Morgan fingerprint density at radius 3 is 2.36 bits per heavy atom. The maximum Gasteiger partial charge on any atom is 0.305 e. The van der Waals surface area contributed by atoms with Gasteiger partial charge in [0.1, 0.15) is 5.75 Å². The Kier molecular flexibility index (Phi) is 8.55. The second kappa shape index (κ2) is 12.0. The number of thiazole rings is 1. The van der Waals surface area contributed by atoms with Gasteiger partial charge < -0.3 is 20.1 Å². The molecule has 2 N–H and O–H groups in total. The van der Waals surface area contributed by atoms with Crippen molar-refractivity contribution in [3.05, 3.63) is 92.9 Å². The van der Waals surface area contributed by atoms with Crippen LogP contribution in [0.15, 0.2) is 78.2 Å². The highest BCUT2D eigenvalue weighted by Crippen LogP contribution is 2.34. The number of carboxylic acid groups (broad SMARTS) is 1. The van der Waals surface area contributed by atoms with Crippen LogP contribution < -0.4 is 15.0 Å². The molecule has 3 aromatic carbocycles. The first-order chi connectivity index (χ1) is 17.4. The van der Waals surface area contributed by atoms with E-state index in [2.05, 4.69) is 57.1 Å². The summed E-state index contributed by atoms with van der Waals surface area (Å²) in [5.74, 6) is -0.436. The minimum Gasteiger partial charge on any atom is -0.497 e.